The van der Waals surface area contributed by atoms with Crippen LogP contribution in [-0.2, 0) is 16.1 Å². The van der Waals surface area contributed by atoms with Gasteiger partial charge in [0.15, 0.2) is 0 Å². The van der Waals surface area contributed by atoms with Crippen LogP contribution in [0.3, 0.4) is 0 Å². The number of fused-ring (bicyclic) bond motifs is 1. The number of hydrogen-bond donors (Lipinski definition) is 1. The molecule has 1 fully saturated rings. The first kappa shape index (κ1) is 28.9. The number of benzene rings is 2. The minimum Gasteiger partial charge on any atom is -0.377 e. The standard InChI is InChI=1S/C33H41N5O3/c1-22-16-23(2)36-33(40)29(22)19-34-32(39)28-17-26(18-31-30(28)20-35-38(31)27-8-5-6-9-27)25-12-10-24(11-13-25)21-41-15-7-14-37(3)4/h10-13,16-18,20,27,29H,5-9,14-15,19,21H2,1-4H3,(H,34,39). The van der Waals surface area contributed by atoms with Crippen LogP contribution in [0.2, 0.25) is 0 Å². The van der Waals surface area contributed by atoms with Crippen LogP contribution in [0.15, 0.2) is 59.2 Å². The zero-order valence-electron chi connectivity index (χ0n) is 24.7. The van der Waals surface area contributed by atoms with Crippen LogP contribution in [-0.4, -0.2) is 66.0 Å². The average Bonchev–Trinajstić information content (AvgIpc) is 3.62. The van der Waals surface area contributed by atoms with Gasteiger partial charge < -0.3 is 15.0 Å². The Balaban J connectivity index is 1.38. The Kier molecular flexibility index (Phi) is 9.10. The summed E-state index contributed by atoms with van der Waals surface area (Å²) >= 11 is 0. The molecule has 216 valence electrons. The Hall–Kier alpha value is -3.62. The third kappa shape index (κ3) is 6.82. The maximum absolute atomic E-state index is 13.6. The summed E-state index contributed by atoms with van der Waals surface area (Å²) in [5, 5.41) is 8.59. The fourth-order valence-electron chi connectivity index (χ4n) is 5.85. The summed E-state index contributed by atoms with van der Waals surface area (Å²) in [6.07, 6.45) is 9.31. The first-order valence-corrected chi connectivity index (χ1v) is 14.7. The molecule has 8 heteroatoms. The number of rotatable bonds is 11. The van der Waals surface area contributed by atoms with Crippen LogP contribution in [0.25, 0.3) is 22.0 Å². The highest BCUT2D eigenvalue weighted by Gasteiger charge is 2.26. The number of nitrogens with zero attached hydrogens (tertiary/aromatic N) is 4. The maximum Gasteiger partial charge on any atom is 0.254 e. The number of nitrogens with one attached hydrogen (secondary N) is 1. The van der Waals surface area contributed by atoms with Gasteiger partial charge in [0.1, 0.15) is 0 Å². The van der Waals surface area contributed by atoms with E-state index >= 15 is 0 Å². The third-order valence-corrected chi connectivity index (χ3v) is 8.12. The molecule has 0 spiro atoms. The Bertz CT molecular complexity index is 1460. The lowest BCUT2D eigenvalue weighted by Gasteiger charge is -2.19. The second-order valence-electron chi connectivity index (χ2n) is 11.6. The molecular formula is C33H41N5O3. The van der Waals surface area contributed by atoms with Gasteiger partial charge in [-0.3, -0.25) is 14.3 Å². The second-order valence-corrected chi connectivity index (χ2v) is 11.6. The van der Waals surface area contributed by atoms with Crippen LogP contribution in [0, 0.1) is 5.92 Å². The first-order valence-electron chi connectivity index (χ1n) is 14.7. The van der Waals surface area contributed by atoms with Gasteiger partial charge in [0, 0.05) is 24.2 Å². The molecule has 41 heavy (non-hydrogen) atoms. The summed E-state index contributed by atoms with van der Waals surface area (Å²) < 4.78 is 7.96. The highest BCUT2D eigenvalue weighted by molar-refractivity contribution is 6.09. The van der Waals surface area contributed by atoms with Gasteiger partial charge in [-0.2, -0.15) is 5.10 Å². The minimum absolute atomic E-state index is 0.211. The number of ether oxygens (including phenoxy) is 1. The largest absolute Gasteiger partial charge is 0.377 e. The van der Waals surface area contributed by atoms with Gasteiger partial charge in [-0.05, 0) is 88.6 Å². The van der Waals surface area contributed by atoms with E-state index in [4.69, 9.17) is 9.84 Å². The molecule has 0 bridgehead atoms. The van der Waals surface area contributed by atoms with Crippen molar-refractivity contribution in [3.8, 4) is 11.1 Å². The topological polar surface area (TPSA) is 88.8 Å². The van der Waals surface area contributed by atoms with E-state index in [1.807, 2.05) is 32.2 Å². The molecule has 3 aromatic rings. The lowest BCUT2D eigenvalue weighted by atomic mass is 9.95. The molecule has 2 aliphatic rings. The zero-order chi connectivity index (χ0) is 28.9. The molecule has 0 saturated heterocycles. The van der Waals surface area contributed by atoms with E-state index in [2.05, 4.69) is 64.3 Å². The molecule has 1 saturated carbocycles. The van der Waals surface area contributed by atoms with Gasteiger partial charge in [-0.15, -0.1) is 0 Å². The van der Waals surface area contributed by atoms with Gasteiger partial charge in [0.2, 0.25) is 0 Å². The van der Waals surface area contributed by atoms with Crippen molar-refractivity contribution >= 4 is 28.4 Å². The molecule has 2 amide bonds. The Morgan fingerprint density at radius 1 is 1.10 bits per heavy atom. The summed E-state index contributed by atoms with van der Waals surface area (Å²) in [7, 11) is 4.13. The van der Waals surface area contributed by atoms with E-state index in [1.54, 1.807) is 0 Å². The Labute approximate surface area is 242 Å². The smallest absolute Gasteiger partial charge is 0.254 e. The fourth-order valence-corrected chi connectivity index (χ4v) is 5.85. The van der Waals surface area contributed by atoms with Crippen molar-refractivity contribution in [2.75, 3.05) is 33.8 Å². The molecule has 2 heterocycles. The normalized spacial score (nSPS) is 17.8. The predicted octanol–water partition coefficient (Wildman–Crippen LogP) is 5.58. The third-order valence-electron chi connectivity index (χ3n) is 8.12. The molecule has 0 radical (unpaired) electrons. The van der Waals surface area contributed by atoms with Crippen molar-refractivity contribution in [2.45, 2.75) is 58.6 Å². The molecule has 2 aromatic carbocycles. The number of amides is 2. The van der Waals surface area contributed by atoms with Gasteiger partial charge in [0.25, 0.3) is 11.8 Å². The first-order chi connectivity index (χ1) is 19.8. The van der Waals surface area contributed by atoms with Crippen molar-refractivity contribution < 1.29 is 14.3 Å². The van der Waals surface area contributed by atoms with Crippen molar-refractivity contribution in [3.05, 3.63) is 65.4 Å². The van der Waals surface area contributed by atoms with Crippen LogP contribution in [0.5, 0.6) is 0 Å². The van der Waals surface area contributed by atoms with Crippen LogP contribution in [0.4, 0.5) is 0 Å². The average molecular weight is 556 g/mol. The minimum atomic E-state index is -0.444. The summed E-state index contributed by atoms with van der Waals surface area (Å²) in [4.78, 5) is 32.4. The lowest BCUT2D eigenvalue weighted by molar-refractivity contribution is -0.120. The monoisotopic (exact) mass is 555 g/mol. The molecule has 1 atom stereocenters. The summed E-state index contributed by atoms with van der Waals surface area (Å²) in [6.45, 7) is 6.25. The zero-order valence-corrected chi connectivity index (χ0v) is 24.7. The number of aromatic nitrogens is 2. The van der Waals surface area contributed by atoms with E-state index in [0.29, 0.717) is 23.9 Å². The Morgan fingerprint density at radius 2 is 1.85 bits per heavy atom. The van der Waals surface area contributed by atoms with E-state index in [-0.39, 0.29) is 18.4 Å². The molecular weight excluding hydrogens is 514 g/mol. The molecule has 8 nitrogen and oxygen atoms in total. The number of carbonyl (C=O) groups excluding carboxylic acids is 2. The highest BCUT2D eigenvalue weighted by atomic mass is 16.5. The van der Waals surface area contributed by atoms with Crippen LogP contribution in [0.1, 0.15) is 67.9 Å². The molecule has 1 N–H and O–H groups in total. The van der Waals surface area contributed by atoms with Crippen LogP contribution >= 0.6 is 0 Å². The SMILES string of the molecule is CC1=CC(C)=NC(=O)C1CNC(=O)c1cc(-c2ccc(COCCCN(C)C)cc2)cc2c1cnn2C1CCCC1. The van der Waals surface area contributed by atoms with E-state index in [9.17, 15) is 9.59 Å². The predicted molar refractivity (Wildman–Crippen MR) is 163 cm³/mol. The van der Waals surface area contributed by atoms with Gasteiger partial charge in [-0.1, -0.05) is 42.7 Å². The fraction of sp³-hybridized carbons (Fsp3) is 0.455. The van der Waals surface area contributed by atoms with Crippen LogP contribution < -0.4 is 5.32 Å². The van der Waals surface area contributed by atoms with Crippen molar-refractivity contribution in [1.29, 1.82) is 0 Å². The number of hydrogen-bond acceptors (Lipinski definition) is 5. The quantitative estimate of drug-likeness (QED) is 0.312. The molecule has 1 aromatic heterocycles. The van der Waals surface area contributed by atoms with Gasteiger partial charge in [0.05, 0.1) is 35.8 Å². The molecule has 1 aliphatic carbocycles. The molecule has 1 aliphatic heterocycles. The number of dihydropyridines is 1. The molecule has 1 unspecified atom stereocenters. The number of carbonyl (C=O) groups is 2. The summed E-state index contributed by atoms with van der Waals surface area (Å²) in [5.41, 5.74) is 6.27. The second kappa shape index (κ2) is 12.9. The van der Waals surface area contributed by atoms with E-state index < -0.39 is 5.92 Å². The summed E-state index contributed by atoms with van der Waals surface area (Å²) in [6, 6.07) is 12.8. The van der Waals surface area contributed by atoms with E-state index in [0.717, 1.165) is 65.6 Å². The Morgan fingerprint density at radius 3 is 2.56 bits per heavy atom. The van der Waals surface area contributed by atoms with Gasteiger partial charge in [-0.25, -0.2) is 4.99 Å². The molecule has 5 rings (SSSR count). The van der Waals surface area contributed by atoms with Gasteiger partial charge >= 0.3 is 0 Å². The van der Waals surface area contributed by atoms with Crippen molar-refractivity contribution in [1.82, 2.24) is 20.0 Å². The maximum atomic E-state index is 13.6. The summed E-state index contributed by atoms with van der Waals surface area (Å²) in [5.74, 6) is -0.866. The van der Waals surface area contributed by atoms with E-state index in [1.165, 1.54) is 12.8 Å². The number of aliphatic imine (C=N–C) groups is 1. The lowest BCUT2D eigenvalue weighted by Crippen LogP contribution is -2.34. The van der Waals surface area contributed by atoms with Crippen molar-refractivity contribution in [3.63, 3.8) is 0 Å². The number of allylic oxidation sites excluding steroid dienone is 1. The highest BCUT2D eigenvalue weighted by Crippen LogP contribution is 2.35. The van der Waals surface area contributed by atoms with Crippen molar-refractivity contribution in [2.24, 2.45) is 10.9 Å².